The van der Waals surface area contributed by atoms with E-state index in [2.05, 4.69) is 13.2 Å². The summed E-state index contributed by atoms with van der Waals surface area (Å²) in [4.78, 5) is 45.4. The highest BCUT2D eigenvalue weighted by atomic mass is 16.7. The third-order valence-corrected chi connectivity index (χ3v) is 3.75. The van der Waals surface area contributed by atoms with E-state index in [9.17, 15) is 19.2 Å². The van der Waals surface area contributed by atoms with Crippen molar-refractivity contribution in [2.24, 2.45) is 0 Å². The summed E-state index contributed by atoms with van der Waals surface area (Å²) in [5.41, 5.74) is 0.218. The fourth-order valence-corrected chi connectivity index (χ4v) is 2.20. The SMILES string of the molecule is C=C(C)C(=O)OC(C=O)(CCCCCCCCCC=O)OC(=O)C(=C)C. The first-order chi connectivity index (χ1) is 12.3. The highest BCUT2D eigenvalue weighted by Crippen LogP contribution is 2.23. The molecule has 146 valence electrons. The lowest BCUT2D eigenvalue weighted by Crippen LogP contribution is -2.42. The zero-order valence-electron chi connectivity index (χ0n) is 15.9. The Morgan fingerprint density at radius 3 is 1.62 bits per heavy atom. The number of aldehydes is 2. The Balaban J connectivity index is 4.56. The molecular formula is C20H30O6. The Bertz CT molecular complexity index is 492. The summed E-state index contributed by atoms with van der Waals surface area (Å²) < 4.78 is 10.2. The number of esters is 2. The normalized spacial score (nSPS) is 10.7. The van der Waals surface area contributed by atoms with Crippen molar-refractivity contribution in [1.29, 1.82) is 0 Å². The summed E-state index contributed by atoms with van der Waals surface area (Å²) in [5, 5.41) is 0. The summed E-state index contributed by atoms with van der Waals surface area (Å²) in [6.07, 6.45) is 8.24. The molecule has 0 aromatic carbocycles. The lowest BCUT2D eigenvalue weighted by atomic mass is 10.0. The Labute approximate surface area is 155 Å². The molecule has 0 aliphatic heterocycles. The van der Waals surface area contributed by atoms with Crippen molar-refractivity contribution in [1.82, 2.24) is 0 Å². The third kappa shape index (κ3) is 9.91. The molecule has 0 saturated heterocycles. The van der Waals surface area contributed by atoms with Crippen LogP contribution in [0.3, 0.4) is 0 Å². The first kappa shape index (κ1) is 23.8. The Kier molecular flexibility index (Phi) is 11.9. The van der Waals surface area contributed by atoms with Crippen LogP contribution in [-0.4, -0.2) is 30.3 Å². The maximum Gasteiger partial charge on any atom is 0.336 e. The molecule has 0 aliphatic carbocycles. The predicted octanol–water partition coefficient (Wildman–Crippen LogP) is 3.83. The van der Waals surface area contributed by atoms with Gasteiger partial charge in [-0.15, -0.1) is 0 Å². The standard InChI is InChI=1S/C20H30O6/c1-16(2)18(23)25-20(15-22,26-19(24)17(3)4)13-11-9-7-5-6-8-10-12-14-21/h14-15H,1,3,5-13H2,2,4H3. The smallest absolute Gasteiger partial charge is 0.336 e. The van der Waals surface area contributed by atoms with Crippen LogP contribution in [0.2, 0.25) is 0 Å². The molecule has 0 unspecified atom stereocenters. The summed E-state index contributed by atoms with van der Waals surface area (Å²) >= 11 is 0. The van der Waals surface area contributed by atoms with Crippen molar-refractivity contribution >= 4 is 24.5 Å². The lowest BCUT2D eigenvalue weighted by molar-refractivity contribution is -0.217. The van der Waals surface area contributed by atoms with Gasteiger partial charge in [-0.05, 0) is 26.7 Å². The van der Waals surface area contributed by atoms with Crippen LogP contribution in [0.25, 0.3) is 0 Å². The van der Waals surface area contributed by atoms with Gasteiger partial charge in [0.15, 0.2) is 0 Å². The van der Waals surface area contributed by atoms with Crippen LogP contribution in [-0.2, 0) is 28.7 Å². The van der Waals surface area contributed by atoms with Crippen LogP contribution in [0, 0.1) is 0 Å². The molecule has 0 aliphatic rings. The van der Waals surface area contributed by atoms with Gasteiger partial charge in [-0.2, -0.15) is 0 Å². The minimum Gasteiger partial charge on any atom is -0.412 e. The van der Waals surface area contributed by atoms with Crippen LogP contribution >= 0.6 is 0 Å². The maximum absolute atomic E-state index is 11.8. The van der Waals surface area contributed by atoms with E-state index in [-0.39, 0.29) is 17.6 Å². The van der Waals surface area contributed by atoms with Crippen LogP contribution < -0.4 is 0 Å². The molecule has 0 heterocycles. The molecule has 0 N–H and O–H groups in total. The highest BCUT2D eigenvalue weighted by molar-refractivity contribution is 5.91. The minimum atomic E-state index is -1.95. The number of unbranched alkanes of at least 4 members (excludes halogenated alkanes) is 7. The van der Waals surface area contributed by atoms with Gasteiger partial charge in [-0.3, -0.25) is 4.79 Å². The molecule has 6 nitrogen and oxygen atoms in total. The fourth-order valence-electron chi connectivity index (χ4n) is 2.20. The predicted molar refractivity (Wildman–Crippen MR) is 98.2 cm³/mol. The Hall–Kier alpha value is -2.24. The van der Waals surface area contributed by atoms with E-state index in [1.165, 1.54) is 13.8 Å². The highest BCUT2D eigenvalue weighted by Gasteiger charge is 2.38. The molecule has 0 radical (unpaired) electrons. The van der Waals surface area contributed by atoms with Crippen LogP contribution in [0.15, 0.2) is 24.3 Å². The van der Waals surface area contributed by atoms with Crippen molar-refractivity contribution in [2.45, 2.75) is 77.4 Å². The van der Waals surface area contributed by atoms with Gasteiger partial charge in [-0.1, -0.05) is 45.3 Å². The zero-order valence-corrected chi connectivity index (χ0v) is 15.9. The lowest BCUT2D eigenvalue weighted by Gasteiger charge is -2.27. The Morgan fingerprint density at radius 2 is 1.23 bits per heavy atom. The monoisotopic (exact) mass is 366 g/mol. The number of carbonyl (C=O) groups excluding carboxylic acids is 4. The molecule has 6 heteroatoms. The molecule has 26 heavy (non-hydrogen) atoms. The molecule has 0 spiro atoms. The summed E-state index contributed by atoms with van der Waals surface area (Å²) in [7, 11) is 0. The van der Waals surface area contributed by atoms with Gasteiger partial charge in [0.25, 0.3) is 0 Å². The van der Waals surface area contributed by atoms with E-state index >= 15 is 0 Å². The van der Waals surface area contributed by atoms with E-state index < -0.39 is 17.7 Å². The van der Waals surface area contributed by atoms with Gasteiger partial charge in [0.05, 0.1) is 0 Å². The van der Waals surface area contributed by atoms with E-state index in [0.717, 1.165) is 44.8 Å². The number of carbonyl (C=O) groups is 4. The number of hydrogen-bond donors (Lipinski definition) is 0. The largest absolute Gasteiger partial charge is 0.412 e. The van der Waals surface area contributed by atoms with Crippen molar-refractivity contribution < 1.29 is 28.7 Å². The molecule has 0 atom stereocenters. The summed E-state index contributed by atoms with van der Waals surface area (Å²) in [6, 6.07) is 0. The number of rotatable bonds is 15. The fraction of sp³-hybridized carbons (Fsp3) is 0.600. The van der Waals surface area contributed by atoms with Crippen LogP contribution in [0.4, 0.5) is 0 Å². The summed E-state index contributed by atoms with van der Waals surface area (Å²) in [5.74, 6) is -3.53. The van der Waals surface area contributed by atoms with Crippen LogP contribution in [0.1, 0.15) is 71.6 Å². The molecule has 0 aromatic heterocycles. The number of hydrogen-bond acceptors (Lipinski definition) is 6. The minimum absolute atomic E-state index is 0.0830. The quantitative estimate of drug-likeness (QED) is 0.144. The summed E-state index contributed by atoms with van der Waals surface area (Å²) in [6.45, 7) is 9.83. The second-order valence-electron chi connectivity index (χ2n) is 6.45. The maximum atomic E-state index is 11.8. The van der Waals surface area contributed by atoms with Gasteiger partial charge >= 0.3 is 17.7 Å². The van der Waals surface area contributed by atoms with E-state index in [0.29, 0.717) is 19.1 Å². The second kappa shape index (κ2) is 13.0. The van der Waals surface area contributed by atoms with Gasteiger partial charge in [-0.25, -0.2) is 9.59 Å². The van der Waals surface area contributed by atoms with E-state index in [4.69, 9.17) is 9.47 Å². The van der Waals surface area contributed by atoms with Crippen molar-refractivity contribution in [3.63, 3.8) is 0 Å². The number of ether oxygens (including phenoxy) is 2. The first-order valence-electron chi connectivity index (χ1n) is 8.95. The van der Waals surface area contributed by atoms with Gasteiger partial charge in [0, 0.05) is 24.0 Å². The van der Waals surface area contributed by atoms with Gasteiger partial charge in [0.1, 0.15) is 6.29 Å². The van der Waals surface area contributed by atoms with Crippen molar-refractivity contribution in [2.75, 3.05) is 0 Å². The van der Waals surface area contributed by atoms with E-state index in [1.807, 2.05) is 0 Å². The van der Waals surface area contributed by atoms with Gasteiger partial charge < -0.3 is 14.3 Å². The third-order valence-electron chi connectivity index (χ3n) is 3.75. The van der Waals surface area contributed by atoms with Gasteiger partial charge in [0.2, 0.25) is 6.29 Å². The van der Waals surface area contributed by atoms with E-state index in [1.54, 1.807) is 0 Å². The molecule has 0 saturated carbocycles. The molecule has 0 rings (SSSR count). The topological polar surface area (TPSA) is 86.7 Å². The average molecular weight is 366 g/mol. The molecule has 0 bridgehead atoms. The van der Waals surface area contributed by atoms with Crippen molar-refractivity contribution in [3.05, 3.63) is 24.3 Å². The second-order valence-corrected chi connectivity index (χ2v) is 6.45. The molecule has 0 aromatic rings. The molecule has 0 fully saturated rings. The average Bonchev–Trinajstić information content (AvgIpc) is 2.59. The van der Waals surface area contributed by atoms with Crippen molar-refractivity contribution in [3.8, 4) is 0 Å². The zero-order chi connectivity index (χ0) is 20.0. The Morgan fingerprint density at radius 1 is 0.808 bits per heavy atom. The van der Waals surface area contributed by atoms with Crippen LogP contribution in [0.5, 0.6) is 0 Å². The molecule has 0 amide bonds. The molecular weight excluding hydrogens is 336 g/mol. The first-order valence-corrected chi connectivity index (χ1v) is 8.95.